The van der Waals surface area contributed by atoms with Crippen LogP contribution in [0, 0.1) is 17.2 Å². The Morgan fingerprint density at radius 2 is 2.13 bits per heavy atom. The smallest absolute Gasteiger partial charge is 0.0967 e. The molecule has 2 rings (SSSR count). The summed E-state index contributed by atoms with van der Waals surface area (Å²) in [6, 6.07) is 3.07. The molecule has 2 saturated carbocycles. The lowest BCUT2D eigenvalue weighted by atomic mass is 10.2. The molecule has 0 spiro atoms. The van der Waals surface area contributed by atoms with E-state index < -0.39 is 0 Å². The first-order valence-corrected chi connectivity index (χ1v) is 6.12. The molecule has 2 aliphatic carbocycles. The summed E-state index contributed by atoms with van der Waals surface area (Å²) >= 11 is 0. The lowest BCUT2D eigenvalue weighted by Gasteiger charge is -2.18. The Kier molecular flexibility index (Phi) is 3.61. The van der Waals surface area contributed by atoms with E-state index in [0.717, 1.165) is 18.9 Å². The van der Waals surface area contributed by atoms with Crippen LogP contribution >= 0.6 is 0 Å². The molecule has 0 saturated heterocycles. The van der Waals surface area contributed by atoms with Crippen molar-refractivity contribution in [2.75, 3.05) is 20.1 Å². The van der Waals surface area contributed by atoms with Crippen molar-refractivity contribution in [3.8, 4) is 6.07 Å². The normalized spacial score (nSPS) is 22.7. The summed E-state index contributed by atoms with van der Waals surface area (Å²) < 4.78 is 0. The highest BCUT2D eigenvalue weighted by atomic mass is 15.1. The van der Waals surface area contributed by atoms with Crippen LogP contribution in [-0.2, 0) is 0 Å². The predicted molar refractivity (Wildman–Crippen MR) is 60.4 cm³/mol. The molecule has 0 bridgehead atoms. The summed E-state index contributed by atoms with van der Waals surface area (Å²) in [7, 11) is 2.17. The maximum absolute atomic E-state index is 8.98. The van der Waals surface area contributed by atoms with Crippen LogP contribution in [0.3, 0.4) is 0 Å². The molecule has 0 aliphatic heterocycles. The van der Waals surface area contributed by atoms with E-state index in [2.05, 4.69) is 23.3 Å². The summed E-state index contributed by atoms with van der Waals surface area (Å²) in [5, 5.41) is 12.4. The van der Waals surface area contributed by atoms with Crippen LogP contribution in [0.2, 0.25) is 0 Å². The molecule has 2 fully saturated rings. The highest BCUT2D eigenvalue weighted by Crippen LogP contribution is 2.29. The Morgan fingerprint density at radius 1 is 1.40 bits per heavy atom. The lowest BCUT2D eigenvalue weighted by molar-refractivity contribution is 0.305. The monoisotopic (exact) mass is 207 g/mol. The van der Waals surface area contributed by atoms with Crippen molar-refractivity contribution in [3.63, 3.8) is 0 Å². The van der Waals surface area contributed by atoms with Crippen molar-refractivity contribution in [3.05, 3.63) is 0 Å². The van der Waals surface area contributed by atoms with Gasteiger partial charge in [0.25, 0.3) is 0 Å². The zero-order valence-electron chi connectivity index (χ0n) is 9.58. The minimum Gasteiger partial charge on any atom is -0.306 e. The third-order valence-corrected chi connectivity index (χ3v) is 3.24. The molecule has 2 aliphatic rings. The minimum absolute atomic E-state index is 0.0687. The highest BCUT2D eigenvalue weighted by molar-refractivity contribution is 4.96. The van der Waals surface area contributed by atoms with E-state index in [1.165, 1.54) is 32.2 Å². The van der Waals surface area contributed by atoms with Crippen LogP contribution in [0.5, 0.6) is 0 Å². The van der Waals surface area contributed by atoms with Gasteiger partial charge in [-0.2, -0.15) is 5.26 Å². The van der Waals surface area contributed by atoms with Gasteiger partial charge in [0, 0.05) is 19.1 Å². The second-order valence-corrected chi connectivity index (χ2v) is 5.12. The Balaban J connectivity index is 1.58. The molecule has 1 atom stereocenters. The summed E-state index contributed by atoms with van der Waals surface area (Å²) in [6.07, 6.45) is 6.31. The van der Waals surface area contributed by atoms with Crippen LogP contribution in [0.15, 0.2) is 0 Å². The van der Waals surface area contributed by atoms with Crippen molar-refractivity contribution >= 4 is 0 Å². The van der Waals surface area contributed by atoms with Crippen molar-refractivity contribution < 1.29 is 0 Å². The maximum atomic E-state index is 8.98. The van der Waals surface area contributed by atoms with Crippen molar-refractivity contribution in [1.29, 1.82) is 5.26 Å². The van der Waals surface area contributed by atoms with Gasteiger partial charge in [-0.25, -0.2) is 0 Å². The molecule has 3 heteroatoms. The first kappa shape index (κ1) is 10.9. The Morgan fingerprint density at radius 3 is 2.67 bits per heavy atom. The van der Waals surface area contributed by atoms with E-state index in [1.54, 1.807) is 0 Å². The second-order valence-electron chi connectivity index (χ2n) is 5.12. The molecule has 15 heavy (non-hydrogen) atoms. The van der Waals surface area contributed by atoms with Crippen LogP contribution in [0.1, 0.15) is 32.1 Å². The standard InChI is InChI=1S/C12H21N3/c1-15(9-10-2-3-10)7-6-12(8-13)14-11-4-5-11/h10-12,14H,2-7,9H2,1H3. The molecular weight excluding hydrogens is 186 g/mol. The van der Waals surface area contributed by atoms with Crippen LogP contribution in [0.4, 0.5) is 0 Å². The Bertz CT molecular complexity index is 238. The Labute approximate surface area is 92.4 Å². The second kappa shape index (κ2) is 4.96. The number of hydrogen-bond acceptors (Lipinski definition) is 3. The lowest BCUT2D eigenvalue weighted by Crippen LogP contribution is -2.34. The first-order valence-electron chi connectivity index (χ1n) is 6.12. The van der Waals surface area contributed by atoms with Gasteiger partial charge in [0.1, 0.15) is 0 Å². The van der Waals surface area contributed by atoms with E-state index in [-0.39, 0.29) is 6.04 Å². The van der Waals surface area contributed by atoms with E-state index in [1.807, 2.05) is 0 Å². The fourth-order valence-electron chi connectivity index (χ4n) is 1.90. The van der Waals surface area contributed by atoms with Gasteiger partial charge >= 0.3 is 0 Å². The third-order valence-electron chi connectivity index (χ3n) is 3.24. The predicted octanol–water partition coefficient (Wildman–Crippen LogP) is 1.36. The molecule has 0 amide bonds. The number of nitriles is 1. The Hall–Kier alpha value is -0.590. The molecule has 0 aromatic rings. The van der Waals surface area contributed by atoms with Crippen LogP contribution in [0.25, 0.3) is 0 Å². The van der Waals surface area contributed by atoms with E-state index in [0.29, 0.717) is 6.04 Å². The van der Waals surface area contributed by atoms with Crippen LogP contribution < -0.4 is 5.32 Å². The van der Waals surface area contributed by atoms with Gasteiger partial charge in [0.2, 0.25) is 0 Å². The zero-order chi connectivity index (χ0) is 10.7. The fraction of sp³-hybridized carbons (Fsp3) is 0.917. The highest BCUT2D eigenvalue weighted by Gasteiger charge is 2.25. The summed E-state index contributed by atoms with van der Waals surface area (Å²) in [5.74, 6) is 0.951. The van der Waals surface area contributed by atoms with Gasteiger partial charge in [-0.1, -0.05) is 0 Å². The fourth-order valence-corrected chi connectivity index (χ4v) is 1.90. The van der Waals surface area contributed by atoms with Gasteiger partial charge in [-0.3, -0.25) is 5.32 Å². The van der Waals surface area contributed by atoms with Gasteiger partial charge < -0.3 is 4.90 Å². The molecule has 0 heterocycles. The topological polar surface area (TPSA) is 39.1 Å². The quantitative estimate of drug-likeness (QED) is 0.685. The molecular formula is C12H21N3. The summed E-state index contributed by atoms with van der Waals surface area (Å²) in [6.45, 7) is 2.27. The number of rotatable bonds is 7. The molecule has 1 unspecified atom stereocenters. The number of nitrogens with zero attached hydrogens (tertiary/aromatic N) is 2. The molecule has 0 radical (unpaired) electrons. The first-order chi connectivity index (χ1) is 7.28. The average molecular weight is 207 g/mol. The minimum atomic E-state index is 0.0687. The van der Waals surface area contributed by atoms with E-state index >= 15 is 0 Å². The molecule has 0 aromatic carbocycles. The van der Waals surface area contributed by atoms with Gasteiger partial charge in [-0.05, 0) is 45.1 Å². The van der Waals surface area contributed by atoms with Gasteiger partial charge in [0.05, 0.1) is 12.1 Å². The number of hydrogen-bond donors (Lipinski definition) is 1. The molecule has 3 nitrogen and oxygen atoms in total. The van der Waals surface area contributed by atoms with E-state index in [9.17, 15) is 0 Å². The third kappa shape index (κ3) is 4.19. The molecule has 1 N–H and O–H groups in total. The van der Waals surface area contributed by atoms with Crippen molar-refractivity contribution in [2.45, 2.75) is 44.2 Å². The average Bonchev–Trinajstić information content (AvgIpc) is 3.06. The van der Waals surface area contributed by atoms with Gasteiger partial charge in [0.15, 0.2) is 0 Å². The SMILES string of the molecule is CN(CCC(C#N)NC1CC1)CC1CC1. The zero-order valence-corrected chi connectivity index (χ0v) is 9.58. The van der Waals surface area contributed by atoms with Crippen molar-refractivity contribution in [1.82, 2.24) is 10.2 Å². The molecule has 84 valence electrons. The largest absolute Gasteiger partial charge is 0.306 e. The summed E-state index contributed by atoms with van der Waals surface area (Å²) in [5.41, 5.74) is 0. The van der Waals surface area contributed by atoms with Crippen molar-refractivity contribution in [2.24, 2.45) is 5.92 Å². The van der Waals surface area contributed by atoms with E-state index in [4.69, 9.17) is 5.26 Å². The van der Waals surface area contributed by atoms with Crippen LogP contribution in [-0.4, -0.2) is 37.1 Å². The summed E-state index contributed by atoms with van der Waals surface area (Å²) in [4.78, 5) is 2.37. The maximum Gasteiger partial charge on any atom is 0.0967 e. The molecule has 0 aromatic heterocycles. The van der Waals surface area contributed by atoms with Gasteiger partial charge in [-0.15, -0.1) is 0 Å². The number of nitrogens with one attached hydrogen (secondary N) is 1.